The summed E-state index contributed by atoms with van der Waals surface area (Å²) in [5, 5.41) is 4.37. The summed E-state index contributed by atoms with van der Waals surface area (Å²) in [4.78, 5) is 16.4. The lowest BCUT2D eigenvalue weighted by molar-refractivity contribution is 0.354. The third-order valence-corrected chi connectivity index (χ3v) is 5.53. The number of halogens is 2. The second-order valence-electron chi connectivity index (χ2n) is 7.10. The molecule has 1 aromatic carbocycles. The Labute approximate surface area is 171 Å². The van der Waals surface area contributed by atoms with Crippen molar-refractivity contribution in [3.63, 3.8) is 0 Å². The largest absolute Gasteiger partial charge is 0.344 e. The van der Waals surface area contributed by atoms with E-state index < -0.39 is 5.82 Å². The van der Waals surface area contributed by atoms with Gasteiger partial charge in [0.1, 0.15) is 17.3 Å². The monoisotopic (exact) mass is 409 g/mol. The highest BCUT2D eigenvalue weighted by molar-refractivity contribution is 6.33. The van der Waals surface area contributed by atoms with Gasteiger partial charge >= 0.3 is 0 Å². The molecule has 0 unspecified atom stereocenters. The molecule has 1 aliphatic carbocycles. The van der Waals surface area contributed by atoms with E-state index in [1.165, 1.54) is 18.9 Å². The first kappa shape index (κ1) is 18.0. The van der Waals surface area contributed by atoms with E-state index in [2.05, 4.69) is 25.1 Å². The highest BCUT2D eigenvalue weighted by Crippen LogP contribution is 2.34. The maximum absolute atomic E-state index is 14.1. The summed E-state index contributed by atoms with van der Waals surface area (Å²) in [6.07, 6.45) is 7.99. The van der Waals surface area contributed by atoms with Crippen molar-refractivity contribution in [2.45, 2.75) is 31.6 Å². The molecular formula is C21H17ClFN5O. The van der Waals surface area contributed by atoms with Gasteiger partial charge in [-0.05, 0) is 37.1 Å². The molecule has 3 aromatic heterocycles. The molecule has 1 saturated carbocycles. The molecule has 1 fully saturated rings. The molecule has 3 heterocycles. The average molecular weight is 410 g/mol. The van der Waals surface area contributed by atoms with Gasteiger partial charge in [0.2, 0.25) is 11.7 Å². The van der Waals surface area contributed by atoms with Crippen LogP contribution in [0.4, 0.5) is 4.39 Å². The van der Waals surface area contributed by atoms with Crippen LogP contribution in [-0.4, -0.2) is 25.1 Å². The van der Waals surface area contributed by atoms with Gasteiger partial charge in [0.05, 0.1) is 16.3 Å². The van der Waals surface area contributed by atoms with E-state index in [1.54, 1.807) is 24.5 Å². The van der Waals surface area contributed by atoms with E-state index in [9.17, 15) is 4.39 Å². The summed E-state index contributed by atoms with van der Waals surface area (Å²) < 4.78 is 19.5. The van der Waals surface area contributed by atoms with Crippen LogP contribution < -0.4 is 0 Å². The number of aromatic amines is 1. The molecule has 0 radical (unpaired) electrons. The third-order valence-electron chi connectivity index (χ3n) is 5.21. The van der Waals surface area contributed by atoms with Crippen LogP contribution in [0, 0.1) is 5.82 Å². The number of nitrogens with one attached hydrogen (secondary N) is 1. The molecule has 0 saturated heterocycles. The van der Waals surface area contributed by atoms with Gasteiger partial charge in [-0.1, -0.05) is 35.7 Å². The number of hydrogen-bond acceptors (Lipinski definition) is 5. The summed E-state index contributed by atoms with van der Waals surface area (Å²) >= 11 is 6.12. The standard InChI is InChI=1S/C21H17ClFN5O/c22-14-6-3-7-15(23)18(14)20-25-11-17(26-20)13-8-9-16(24-10-13)19-27-21(29-28-19)12-4-1-2-5-12/h3,6-12H,1-2,4-5H2,(H,25,26). The van der Waals surface area contributed by atoms with Gasteiger partial charge in [0, 0.05) is 23.9 Å². The Morgan fingerprint density at radius 2 is 1.93 bits per heavy atom. The lowest BCUT2D eigenvalue weighted by atomic mass is 10.1. The zero-order valence-electron chi connectivity index (χ0n) is 15.4. The molecule has 0 aliphatic heterocycles. The van der Waals surface area contributed by atoms with Gasteiger partial charge in [-0.3, -0.25) is 4.98 Å². The summed E-state index contributed by atoms with van der Waals surface area (Å²) in [5.74, 6) is 1.48. The Bertz CT molecular complexity index is 1130. The van der Waals surface area contributed by atoms with Crippen molar-refractivity contribution >= 4 is 11.6 Å². The van der Waals surface area contributed by atoms with E-state index in [-0.39, 0.29) is 5.56 Å². The Hall–Kier alpha value is -3.06. The molecule has 1 N–H and O–H groups in total. The molecule has 146 valence electrons. The highest BCUT2D eigenvalue weighted by Gasteiger charge is 2.23. The fourth-order valence-corrected chi connectivity index (χ4v) is 3.93. The lowest BCUT2D eigenvalue weighted by Gasteiger charge is -2.02. The number of rotatable bonds is 4. The minimum absolute atomic E-state index is 0.247. The minimum atomic E-state index is -0.429. The quantitative estimate of drug-likeness (QED) is 0.471. The molecule has 6 nitrogen and oxygen atoms in total. The summed E-state index contributed by atoms with van der Waals surface area (Å²) in [5.41, 5.74) is 2.30. The molecule has 0 atom stereocenters. The lowest BCUT2D eigenvalue weighted by Crippen LogP contribution is -1.92. The Kier molecular flexibility index (Phi) is 4.60. The van der Waals surface area contributed by atoms with Crippen molar-refractivity contribution in [2.24, 2.45) is 0 Å². The van der Waals surface area contributed by atoms with E-state index in [1.807, 2.05) is 12.1 Å². The van der Waals surface area contributed by atoms with Crippen LogP contribution in [0.1, 0.15) is 37.5 Å². The number of aromatic nitrogens is 5. The van der Waals surface area contributed by atoms with E-state index in [0.717, 1.165) is 18.4 Å². The second kappa shape index (κ2) is 7.40. The van der Waals surface area contributed by atoms with Crippen molar-refractivity contribution in [1.82, 2.24) is 25.1 Å². The zero-order valence-corrected chi connectivity index (χ0v) is 16.2. The van der Waals surface area contributed by atoms with Crippen LogP contribution >= 0.6 is 11.6 Å². The summed E-state index contributed by atoms with van der Waals surface area (Å²) in [6, 6.07) is 8.23. The van der Waals surface area contributed by atoms with Gasteiger partial charge in [0.15, 0.2) is 0 Å². The maximum atomic E-state index is 14.1. The molecule has 4 aromatic rings. The smallest absolute Gasteiger partial charge is 0.230 e. The number of H-pyrrole nitrogens is 1. The Morgan fingerprint density at radius 1 is 1.07 bits per heavy atom. The van der Waals surface area contributed by atoms with Gasteiger partial charge in [-0.15, -0.1) is 0 Å². The number of pyridine rings is 1. The van der Waals surface area contributed by atoms with E-state index in [0.29, 0.717) is 39.9 Å². The average Bonchev–Trinajstić information content (AvgIpc) is 3.48. The summed E-state index contributed by atoms with van der Waals surface area (Å²) in [7, 11) is 0. The SMILES string of the molecule is Fc1cccc(Cl)c1-c1nc(-c2ccc(-c3noc(C4CCCC4)n3)nc2)c[nH]1. The van der Waals surface area contributed by atoms with Crippen LogP contribution in [0.3, 0.4) is 0 Å². The number of nitrogens with zero attached hydrogens (tertiary/aromatic N) is 4. The maximum Gasteiger partial charge on any atom is 0.230 e. The van der Waals surface area contributed by atoms with Gasteiger partial charge in [0.25, 0.3) is 0 Å². The molecule has 29 heavy (non-hydrogen) atoms. The van der Waals surface area contributed by atoms with Crippen LogP contribution in [0.25, 0.3) is 34.2 Å². The minimum Gasteiger partial charge on any atom is -0.344 e. The highest BCUT2D eigenvalue weighted by atomic mass is 35.5. The van der Waals surface area contributed by atoms with E-state index in [4.69, 9.17) is 16.1 Å². The van der Waals surface area contributed by atoms with Crippen molar-refractivity contribution < 1.29 is 8.91 Å². The first-order chi connectivity index (χ1) is 14.2. The first-order valence-electron chi connectivity index (χ1n) is 9.49. The molecule has 0 spiro atoms. The van der Waals surface area contributed by atoms with Crippen molar-refractivity contribution in [3.8, 4) is 34.2 Å². The Balaban J connectivity index is 1.39. The van der Waals surface area contributed by atoms with Crippen molar-refractivity contribution in [1.29, 1.82) is 0 Å². The van der Waals surface area contributed by atoms with Gasteiger partial charge in [-0.25, -0.2) is 9.37 Å². The summed E-state index contributed by atoms with van der Waals surface area (Å²) in [6.45, 7) is 0. The van der Waals surface area contributed by atoms with Crippen molar-refractivity contribution in [2.75, 3.05) is 0 Å². The van der Waals surface area contributed by atoms with Crippen LogP contribution in [0.2, 0.25) is 5.02 Å². The normalized spacial score (nSPS) is 14.6. The molecular weight excluding hydrogens is 393 g/mol. The van der Waals surface area contributed by atoms with Gasteiger partial charge in [-0.2, -0.15) is 4.98 Å². The molecule has 0 amide bonds. The second-order valence-corrected chi connectivity index (χ2v) is 7.51. The Morgan fingerprint density at radius 3 is 2.69 bits per heavy atom. The van der Waals surface area contributed by atoms with Crippen molar-refractivity contribution in [3.05, 3.63) is 59.5 Å². The molecule has 0 bridgehead atoms. The van der Waals surface area contributed by atoms with E-state index >= 15 is 0 Å². The van der Waals surface area contributed by atoms with Gasteiger partial charge < -0.3 is 9.51 Å². The topological polar surface area (TPSA) is 80.5 Å². The molecule has 1 aliphatic rings. The number of hydrogen-bond donors (Lipinski definition) is 1. The fraction of sp³-hybridized carbons (Fsp3) is 0.238. The zero-order chi connectivity index (χ0) is 19.8. The fourth-order valence-electron chi connectivity index (χ4n) is 3.68. The predicted molar refractivity (Wildman–Crippen MR) is 107 cm³/mol. The number of benzene rings is 1. The third kappa shape index (κ3) is 3.42. The first-order valence-corrected chi connectivity index (χ1v) is 9.87. The van der Waals surface area contributed by atoms with Crippen LogP contribution in [0.5, 0.6) is 0 Å². The number of imidazole rings is 1. The predicted octanol–water partition coefficient (Wildman–Crippen LogP) is 5.64. The van der Waals surface area contributed by atoms with Crippen LogP contribution in [-0.2, 0) is 0 Å². The molecule has 5 rings (SSSR count). The van der Waals surface area contributed by atoms with Crippen LogP contribution in [0.15, 0.2) is 47.2 Å². The molecule has 8 heteroatoms.